The number of ether oxygens (including phenoxy) is 1. The van der Waals surface area contributed by atoms with Gasteiger partial charge in [-0.15, -0.1) is 0 Å². The first-order chi connectivity index (χ1) is 16.8. The Kier molecular flexibility index (Phi) is 5.79. The van der Waals surface area contributed by atoms with E-state index in [0.29, 0.717) is 16.5 Å². The van der Waals surface area contributed by atoms with Crippen molar-refractivity contribution in [3.05, 3.63) is 71.7 Å². The Morgan fingerprint density at radius 2 is 1.94 bits per heavy atom. The third kappa shape index (κ3) is 4.27. The Balaban J connectivity index is 1.76. The molecule has 35 heavy (non-hydrogen) atoms. The number of aromatic hydroxyl groups is 1. The van der Waals surface area contributed by atoms with Crippen molar-refractivity contribution in [2.24, 2.45) is 0 Å². The number of rotatable bonds is 8. The van der Waals surface area contributed by atoms with Gasteiger partial charge in [-0.3, -0.25) is 0 Å². The average molecular weight is 499 g/mol. The highest BCUT2D eigenvalue weighted by molar-refractivity contribution is 7.90. The molecule has 0 spiro atoms. The minimum atomic E-state index is -3.94. The number of esters is 1. The summed E-state index contributed by atoms with van der Waals surface area (Å²) in [6.45, 7) is 1.88. The predicted octanol–water partition coefficient (Wildman–Crippen LogP) is 3.61. The van der Waals surface area contributed by atoms with Crippen molar-refractivity contribution < 1.29 is 27.4 Å². The van der Waals surface area contributed by atoms with E-state index in [2.05, 4.69) is 10.1 Å². The SMILES string of the molecule is CCOC(=O)c1c(CS(=O)(=O)c2ccc(F)cc2)n(C2CC2)c2ccc(O)c(Cn3cncn3)c12. The third-order valence-corrected chi connectivity index (χ3v) is 7.68. The zero-order valence-corrected chi connectivity index (χ0v) is 19.7. The van der Waals surface area contributed by atoms with Crippen LogP contribution in [0, 0.1) is 5.82 Å². The van der Waals surface area contributed by atoms with Gasteiger partial charge in [0.2, 0.25) is 0 Å². The lowest BCUT2D eigenvalue weighted by molar-refractivity contribution is 0.0527. The molecule has 182 valence electrons. The van der Waals surface area contributed by atoms with E-state index in [1.54, 1.807) is 13.0 Å². The molecule has 11 heteroatoms. The van der Waals surface area contributed by atoms with E-state index >= 15 is 0 Å². The molecule has 0 amide bonds. The summed E-state index contributed by atoms with van der Waals surface area (Å²) in [7, 11) is -3.94. The van der Waals surface area contributed by atoms with Gasteiger partial charge >= 0.3 is 5.97 Å². The molecule has 4 aromatic rings. The van der Waals surface area contributed by atoms with Gasteiger partial charge in [0.25, 0.3) is 0 Å². The fourth-order valence-electron chi connectivity index (χ4n) is 4.37. The monoisotopic (exact) mass is 498 g/mol. The molecule has 1 aliphatic rings. The number of hydrogen-bond acceptors (Lipinski definition) is 7. The molecular formula is C24H23FN4O5S. The molecule has 2 aromatic carbocycles. The van der Waals surface area contributed by atoms with Crippen LogP contribution in [0.1, 0.15) is 47.4 Å². The molecule has 2 heterocycles. The Morgan fingerprint density at radius 1 is 1.20 bits per heavy atom. The lowest BCUT2D eigenvalue weighted by Crippen LogP contribution is -2.15. The smallest absolute Gasteiger partial charge is 0.340 e. The fourth-order valence-corrected chi connectivity index (χ4v) is 5.73. The lowest BCUT2D eigenvalue weighted by atomic mass is 10.0. The first kappa shape index (κ1) is 23.0. The summed E-state index contributed by atoms with van der Waals surface area (Å²) >= 11 is 0. The van der Waals surface area contributed by atoms with Gasteiger partial charge in [-0.1, -0.05) is 0 Å². The third-order valence-electron chi connectivity index (χ3n) is 6.03. The van der Waals surface area contributed by atoms with Crippen molar-refractivity contribution in [3.8, 4) is 5.75 Å². The van der Waals surface area contributed by atoms with Gasteiger partial charge < -0.3 is 14.4 Å². The van der Waals surface area contributed by atoms with Crippen LogP contribution in [0.15, 0.2) is 53.9 Å². The number of phenols is 1. The maximum absolute atomic E-state index is 13.4. The molecule has 1 aliphatic carbocycles. The van der Waals surface area contributed by atoms with Crippen LogP contribution in [0.25, 0.3) is 10.9 Å². The second-order valence-corrected chi connectivity index (χ2v) is 10.4. The lowest BCUT2D eigenvalue weighted by Gasteiger charge is -2.12. The molecule has 0 atom stereocenters. The molecule has 5 rings (SSSR count). The molecule has 0 radical (unpaired) electrons. The van der Waals surface area contributed by atoms with Crippen LogP contribution in [-0.4, -0.2) is 45.4 Å². The van der Waals surface area contributed by atoms with Crippen LogP contribution < -0.4 is 0 Å². The molecule has 1 N–H and O–H groups in total. The number of nitrogens with zero attached hydrogens (tertiary/aromatic N) is 4. The summed E-state index contributed by atoms with van der Waals surface area (Å²) in [5.41, 5.74) is 1.44. The van der Waals surface area contributed by atoms with Crippen molar-refractivity contribution in [3.63, 3.8) is 0 Å². The van der Waals surface area contributed by atoms with Crippen LogP contribution in [0.2, 0.25) is 0 Å². The number of sulfone groups is 1. The zero-order chi connectivity index (χ0) is 24.7. The fraction of sp³-hybridized carbons (Fsp3) is 0.292. The van der Waals surface area contributed by atoms with E-state index in [1.165, 1.54) is 35.5 Å². The van der Waals surface area contributed by atoms with Gasteiger partial charge in [-0.2, -0.15) is 5.10 Å². The van der Waals surface area contributed by atoms with Crippen molar-refractivity contribution in [1.82, 2.24) is 19.3 Å². The number of carbonyl (C=O) groups is 1. The van der Waals surface area contributed by atoms with Crippen LogP contribution in [0.5, 0.6) is 5.75 Å². The summed E-state index contributed by atoms with van der Waals surface area (Å²) in [6.07, 6.45) is 4.50. The van der Waals surface area contributed by atoms with Gasteiger partial charge in [0.15, 0.2) is 9.84 Å². The zero-order valence-electron chi connectivity index (χ0n) is 18.9. The van der Waals surface area contributed by atoms with E-state index in [4.69, 9.17) is 4.74 Å². The molecule has 9 nitrogen and oxygen atoms in total. The van der Waals surface area contributed by atoms with Gasteiger partial charge in [-0.05, 0) is 56.2 Å². The van der Waals surface area contributed by atoms with Crippen molar-refractivity contribution in [1.29, 1.82) is 0 Å². The molecule has 0 aliphatic heterocycles. The van der Waals surface area contributed by atoms with E-state index in [9.17, 15) is 22.7 Å². The Morgan fingerprint density at radius 3 is 2.57 bits per heavy atom. The summed E-state index contributed by atoms with van der Waals surface area (Å²) < 4.78 is 48.9. The number of aromatic nitrogens is 4. The van der Waals surface area contributed by atoms with Crippen LogP contribution >= 0.6 is 0 Å². The Bertz CT molecular complexity index is 1510. The van der Waals surface area contributed by atoms with Crippen molar-refractivity contribution in [2.75, 3.05) is 6.61 Å². The largest absolute Gasteiger partial charge is 0.508 e. The standard InChI is InChI=1S/C24H23FN4O5S/c1-2-34-24(31)23-20(12-35(32,33)17-7-3-15(25)4-8-17)29(16-5-6-16)19-9-10-21(30)18(22(19)23)11-28-14-26-13-27-28/h3-4,7-10,13-14,16,30H,2,5-6,11-12H2,1H3. The molecule has 0 saturated heterocycles. The Hall–Kier alpha value is -3.73. The first-order valence-corrected chi connectivity index (χ1v) is 12.8. The summed E-state index contributed by atoms with van der Waals surface area (Å²) in [4.78, 5) is 17.2. The topological polar surface area (TPSA) is 116 Å². The summed E-state index contributed by atoms with van der Waals surface area (Å²) in [5.74, 6) is -1.76. The van der Waals surface area contributed by atoms with Crippen molar-refractivity contribution >= 4 is 26.7 Å². The number of hydrogen-bond donors (Lipinski definition) is 1. The molecule has 1 saturated carbocycles. The van der Waals surface area contributed by atoms with Crippen LogP contribution in [-0.2, 0) is 26.9 Å². The number of halogens is 1. The van der Waals surface area contributed by atoms with Crippen LogP contribution in [0.3, 0.4) is 0 Å². The highest BCUT2D eigenvalue weighted by Crippen LogP contribution is 2.44. The van der Waals surface area contributed by atoms with Gasteiger partial charge in [0, 0.05) is 22.7 Å². The molecule has 2 aromatic heterocycles. The predicted molar refractivity (Wildman–Crippen MR) is 124 cm³/mol. The van der Waals surface area contributed by atoms with Gasteiger partial charge in [-0.25, -0.2) is 27.3 Å². The quantitative estimate of drug-likeness (QED) is 0.291. The second-order valence-electron chi connectivity index (χ2n) is 8.41. The average Bonchev–Trinajstić information content (AvgIpc) is 3.41. The number of benzene rings is 2. The second kappa shape index (κ2) is 8.81. The molecule has 1 fully saturated rings. The first-order valence-electron chi connectivity index (χ1n) is 11.2. The normalized spacial score (nSPS) is 13.9. The van der Waals surface area contributed by atoms with E-state index in [1.807, 2.05) is 4.57 Å². The number of fused-ring (bicyclic) bond motifs is 1. The maximum atomic E-state index is 13.4. The molecule has 0 bridgehead atoms. The van der Waals surface area contributed by atoms with Gasteiger partial charge in [0.1, 0.15) is 24.2 Å². The van der Waals surface area contributed by atoms with Crippen molar-refractivity contribution in [2.45, 2.75) is 43.0 Å². The summed E-state index contributed by atoms with van der Waals surface area (Å²) in [6, 6.07) is 7.82. The minimum Gasteiger partial charge on any atom is -0.508 e. The molecule has 0 unspecified atom stereocenters. The minimum absolute atomic E-state index is 0.0165. The van der Waals surface area contributed by atoms with Crippen LogP contribution in [0.4, 0.5) is 4.39 Å². The van der Waals surface area contributed by atoms with E-state index < -0.39 is 27.4 Å². The van der Waals surface area contributed by atoms with Gasteiger partial charge in [0.05, 0.1) is 34.9 Å². The van der Waals surface area contributed by atoms with E-state index in [0.717, 1.165) is 25.0 Å². The highest BCUT2D eigenvalue weighted by atomic mass is 32.2. The van der Waals surface area contributed by atoms with E-state index in [-0.39, 0.29) is 41.1 Å². The number of phenolic OH excluding ortho intramolecular Hbond substituents is 1. The Labute approximate surface area is 200 Å². The molecular weight excluding hydrogens is 475 g/mol. The highest BCUT2D eigenvalue weighted by Gasteiger charge is 2.36. The number of carbonyl (C=O) groups excluding carboxylic acids is 1. The maximum Gasteiger partial charge on any atom is 0.340 e. The summed E-state index contributed by atoms with van der Waals surface area (Å²) in [5, 5.41) is 15.3.